The second kappa shape index (κ2) is 5.61. The van der Waals surface area contributed by atoms with Crippen LogP contribution in [-0.4, -0.2) is 19.1 Å². The molecule has 94 valence electrons. The molecule has 0 radical (unpaired) electrons. The Balaban J connectivity index is 1.88. The molecule has 0 saturated heterocycles. The van der Waals surface area contributed by atoms with Crippen LogP contribution in [0.25, 0.3) is 0 Å². The van der Waals surface area contributed by atoms with Crippen LogP contribution in [0.4, 0.5) is 4.39 Å². The molecule has 0 spiro atoms. The second-order valence-corrected chi connectivity index (χ2v) is 5.25. The van der Waals surface area contributed by atoms with Crippen LogP contribution in [0.1, 0.15) is 25.0 Å². The Morgan fingerprint density at radius 2 is 2.24 bits per heavy atom. The number of nitrogens with one attached hydrogen (secondary N) is 2. The highest BCUT2D eigenvalue weighted by atomic mass is 19.1. The summed E-state index contributed by atoms with van der Waals surface area (Å²) in [7, 11) is 0. The van der Waals surface area contributed by atoms with E-state index in [1.54, 1.807) is 12.1 Å². The number of hydrogen-bond donors (Lipinski definition) is 2. The molecular weight excluding hydrogens is 215 g/mol. The molecule has 2 nitrogen and oxygen atoms in total. The maximum atomic E-state index is 13.0. The highest BCUT2D eigenvalue weighted by molar-refractivity contribution is 5.30. The van der Waals surface area contributed by atoms with Crippen molar-refractivity contribution >= 4 is 0 Å². The van der Waals surface area contributed by atoms with Crippen LogP contribution in [0.15, 0.2) is 18.2 Å². The normalized spacial score (nSPS) is 19.4. The van der Waals surface area contributed by atoms with Gasteiger partial charge in [-0.3, -0.25) is 0 Å². The Bertz CT molecular complexity index is 376. The van der Waals surface area contributed by atoms with E-state index >= 15 is 0 Å². The van der Waals surface area contributed by atoms with E-state index in [4.69, 9.17) is 0 Å². The third-order valence-electron chi connectivity index (χ3n) is 3.16. The fourth-order valence-electron chi connectivity index (χ4n) is 2.24. The van der Waals surface area contributed by atoms with Crippen LogP contribution < -0.4 is 10.6 Å². The third kappa shape index (κ3) is 3.51. The van der Waals surface area contributed by atoms with Gasteiger partial charge >= 0.3 is 0 Å². The fourth-order valence-corrected chi connectivity index (χ4v) is 2.24. The fraction of sp³-hybridized carbons (Fsp3) is 0.571. The summed E-state index contributed by atoms with van der Waals surface area (Å²) in [4.78, 5) is 0. The van der Waals surface area contributed by atoms with E-state index in [0.29, 0.717) is 12.0 Å². The molecule has 0 aliphatic carbocycles. The summed E-state index contributed by atoms with van der Waals surface area (Å²) in [6.07, 6.45) is 0.987. The van der Waals surface area contributed by atoms with E-state index in [0.717, 1.165) is 31.6 Å². The van der Waals surface area contributed by atoms with Crippen molar-refractivity contribution in [2.75, 3.05) is 13.1 Å². The molecule has 1 atom stereocenters. The maximum absolute atomic E-state index is 13.0. The maximum Gasteiger partial charge on any atom is 0.123 e. The molecule has 17 heavy (non-hydrogen) atoms. The molecule has 1 aromatic rings. The molecule has 1 aromatic carbocycles. The molecule has 0 bridgehead atoms. The minimum atomic E-state index is -0.137. The zero-order chi connectivity index (χ0) is 12.3. The highest BCUT2D eigenvalue weighted by Crippen LogP contribution is 2.17. The minimum Gasteiger partial charge on any atom is -0.315 e. The Morgan fingerprint density at radius 1 is 1.41 bits per heavy atom. The van der Waals surface area contributed by atoms with Crippen LogP contribution in [0.5, 0.6) is 0 Å². The molecule has 3 heteroatoms. The molecular formula is C14H21FN2. The van der Waals surface area contributed by atoms with Crippen LogP contribution in [0, 0.1) is 11.7 Å². The number of halogens is 1. The van der Waals surface area contributed by atoms with Gasteiger partial charge in [-0.1, -0.05) is 19.9 Å². The van der Waals surface area contributed by atoms with Crippen LogP contribution in [0.3, 0.4) is 0 Å². The average molecular weight is 236 g/mol. The van der Waals surface area contributed by atoms with Crippen molar-refractivity contribution in [3.63, 3.8) is 0 Å². The first-order valence-electron chi connectivity index (χ1n) is 6.36. The lowest BCUT2D eigenvalue weighted by atomic mass is 9.95. The molecule has 2 rings (SSSR count). The molecule has 0 fully saturated rings. The first-order chi connectivity index (χ1) is 8.15. The summed E-state index contributed by atoms with van der Waals surface area (Å²) in [6.45, 7) is 7.23. The molecule has 1 heterocycles. The van der Waals surface area contributed by atoms with E-state index in [-0.39, 0.29) is 5.82 Å². The van der Waals surface area contributed by atoms with Crippen molar-refractivity contribution in [1.82, 2.24) is 10.6 Å². The first kappa shape index (κ1) is 12.5. The van der Waals surface area contributed by atoms with E-state index in [9.17, 15) is 4.39 Å². The standard InChI is InChI=1S/C14H21FN2/c1-10(2)7-16-9-14-6-11-3-4-13(15)5-12(11)8-17-14/h3-5,10,14,16-17H,6-9H2,1-2H3. The van der Waals surface area contributed by atoms with Gasteiger partial charge in [0.15, 0.2) is 0 Å². The van der Waals surface area contributed by atoms with E-state index in [1.807, 2.05) is 6.07 Å². The molecule has 1 aliphatic rings. The monoisotopic (exact) mass is 236 g/mol. The second-order valence-electron chi connectivity index (χ2n) is 5.25. The number of rotatable bonds is 4. The van der Waals surface area contributed by atoms with Crippen molar-refractivity contribution in [2.45, 2.75) is 32.9 Å². The van der Waals surface area contributed by atoms with Crippen LogP contribution >= 0.6 is 0 Å². The van der Waals surface area contributed by atoms with Crippen molar-refractivity contribution in [1.29, 1.82) is 0 Å². The predicted octanol–water partition coefficient (Wildman–Crippen LogP) is 2.09. The van der Waals surface area contributed by atoms with Gasteiger partial charge < -0.3 is 10.6 Å². The number of fused-ring (bicyclic) bond motifs is 1. The molecule has 0 amide bonds. The molecule has 0 aromatic heterocycles. The molecule has 0 saturated carbocycles. The van der Waals surface area contributed by atoms with Crippen molar-refractivity contribution in [3.8, 4) is 0 Å². The van der Waals surface area contributed by atoms with Gasteiger partial charge in [0.25, 0.3) is 0 Å². The van der Waals surface area contributed by atoms with Gasteiger partial charge in [0.2, 0.25) is 0 Å². The zero-order valence-electron chi connectivity index (χ0n) is 10.6. The quantitative estimate of drug-likeness (QED) is 0.836. The van der Waals surface area contributed by atoms with Gasteiger partial charge in [-0.05, 0) is 42.1 Å². The zero-order valence-corrected chi connectivity index (χ0v) is 10.6. The lowest BCUT2D eigenvalue weighted by Gasteiger charge is -2.26. The number of benzene rings is 1. The molecule has 1 aliphatic heterocycles. The van der Waals surface area contributed by atoms with Gasteiger partial charge in [-0.25, -0.2) is 4.39 Å². The lowest BCUT2D eigenvalue weighted by Crippen LogP contribution is -2.43. The topological polar surface area (TPSA) is 24.1 Å². The van der Waals surface area contributed by atoms with Crippen LogP contribution in [-0.2, 0) is 13.0 Å². The van der Waals surface area contributed by atoms with Gasteiger partial charge in [-0.15, -0.1) is 0 Å². The third-order valence-corrected chi connectivity index (χ3v) is 3.16. The highest BCUT2D eigenvalue weighted by Gasteiger charge is 2.17. The summed E-state index contributed by atoms with van der Waals surface area (Å²) in [6, 6.07) is 5.58. The Morgan fingerprint density at radius 3 is 3.00 bits per heavy atom. The van der Waals surface area contributed by atoms with Crippen molar-refractivity contribution in [3.05, 3.63) is 35.1 Å². The van der Waals surface area contributed by atoms with Gasteiger partial charge in [0, 0.05) is 19.1 Å². The lowest BCUT2D eigenvalue weighted by molar-refractivity contribution is 0.430. The van der Waals surface area contributed by atoms with Gasteiger partial charge in [0.1, 0.15) is 5.82 Å². The van der Waals surface area contributed by atoms with Crippen molar-refractivity contribution in [2.24, 2.45) is 5.92 Å². The Kier molecular flexibility index (Phi) is 4.13. The van der Waals surface area contributed by atoms with Crippen LogP contribution in [0.2, 0.25) is 0 Å². The van der Waals surface area contributed by atoms with E-state index in [2.05, 4.69) is 24.5 Å². The van der Waals surface area contributed by atoms with Crippen molar-refractivity contribution < 1.29 is 4.39 Å². The Hall–Kier alpha value is -0.930. The largest absolute Gasteiger partial charge is 0.315 e. The van der Waals surface area contributed by atoms with Gasteiger partial charge in [0.05, 0.1) is 0 Å². The molecule has 1 unspecified atom stereocenters. The summed E-state index contributed by atoms with van der Waals surface area (Å²) in [5.74, 6) is 0.543. The minimum absolute atomic E-state index is 0.137. The SMILES string of the molecule is CC(C)CNCC1Cc2ccc(F)cc2CN1. The molecule has 2 N–H and O–H groups in total. The average Bonchev–Trinajstić information content (AvgIpc) is 2.29. The summed E-state index contributed by atoms with van der Waals surface area (Å²) >= 11 is 0. The summed E-state index contributed by atoms with van der Waals surface area (Å²) in [5, 5.41) is 6.91. The number of hydrogen-bond acceptors (Lipinski definition) is 2. The van der Waals surface area contributed by atoms with E-state index < -0.39 is 0 Å². The van der Waals surface area contributed by atoms with Gasteiger partial charge in [-0.2, -0.15) is 0 Å². The summed E-state index contributed by atoms with van der Waals surface area (Å²) in [5.41, 5.74) is 2.38. The smallest absolute Gasteiger partial charge is 0.123 e. The predicted molar refractivity (Wildman–Crippen MR) is 68.4 cm³/mol. The first-order valence-corrected chi connectivity index (χ1v) is 6.36. The van der Waals surface area contributed by atoms with E-state index in [1.165, 1.54) is 5.56 Å². The summed E-state index contributed by atoms with van der Waals surface area (Å²) < 4.78 is 13.0. The Labute approximate surface area is 103 Å².